The Labute approximate surface area is 167 Å². The molecule has 0 bridgehead atoms. The van der Waals surface area contributed by atoms with Gasteiger partial charge in [0.25, 0.3) is 0 Å². The number of hydrogen-bond donors (Lipinski definition) is 1. The van der Waals surface area contributed by atoms with Gasteiger partial charge in [0.2, 0.25) is 0 Å². The molecule has 0 aromatic heterocycles. The molecule has 0 fully saturated rings. The molecular weight excluding hydrogens is 314 g/mol. The van der Waals surface area contributed by atoms with E-state index in [9.17, 15) is 0 Å². The Kier molecular flexibility index (Phi) is 23.0. The zero-order valence-corrected chi connectivity index (χ0v) is 18.9. The summed E-state index contributed by atoms with van der Waals surface area (Å²) in [5.41, 5.74) is 0. The summed E-state index contributed by atoms with van der Waals surface area (Å²) >= 11 is 0. The molecule has 0 aromatic carbocycles. The van der Waals surface area contributed by atoms with Crippen molar-refractivity contribution >= 4 is 0 Å². The van der Waals surface area contributed by atoms with E-state index in [-0.39, 0.29) is 0 Å². The lowest BCUT2D eigenvalue weighted by Gasteiger charge is -2.18. The van der Waals surface area contributed by atoms with Crippen molar-refractivity contribution in [3.63, 3.8) is 0 Å². The maximum absolute atomic E-state index is 3.83. The first-order valence-electron chi connectivity index (χ1n) is 12.6. The second-order valence-corrected chi connectivity index (χ2v) is 8.53. The monoisotopic (exact) mass is 367 g/mol. The first kappa shape index (κ1) is 26.0. The maximum atomic E-state index is 3.83. The molecule has 0 spiro atoms. The minimum Gasteiger partial charge on any atom is -0.314 e. The minimum atomic E-state index is 0.789. The molecule has 0 aliphatic heterocycles. The first-order valence-corrected chi connectivity index (χ1v) is 12.6. The molecule has 0 aromatic rings. The van der Waals surface area contributed by atoms with Gasteiger partial charge in [0.05, 0.1) is 0 Å². The Hall–Kier alpha value is -0.0400. The van der Waals surface area contributed by atoms with Gasteiger partial charge in [0, 0.05) is 6.04 Å². The third kappa shape index (κ3) is 20.3. The van der Waals surface area contributed by atoms with Crippen LogP contribution in [0.2, 0.25) is 0 Å². The van der Waals surface area contributed by atoms with Crippen LogP contribution in [-0.4, -0.2) is 12.6 Å². The average molecular weight is 368 g/mol. The predicted octanol–water partition coefficient (Wildman–Crippen LogP) is 8.81. The normalized spacial score (nSPS) is 11.5. The molecule has 0 aliphatic carbocycles. The fourth-order valence-corrected chi connectivity index (χ4v) is 3.88. The van der Waals surface area contributed by atoms with Crippen molar-refractivity contribution in [1.29, 1.82) is 0 Å². The molecule has 0 amide bonds. The second-order valence-electron chi connectivity index (χ2n) is 8.53. The lowest BCUT2D eigenvalue weighted by molar-refractivity contribution is 0.418. The summed E-state index contributed by atoms with van der Waals surface area (Å²) in [6, 6.07) is 0.789. The van der Waals surface area contributed by atoms with Gasteiger partial charge in [-0.05, 0) is 25.8 Å². The molecule has 158 valence electrons. The van der Waals surface area contributed by atoms with Gasteiger partial charge in [-0.25, -0.2) is 0 Å². The summed E-state index contributed by atoms with van der Waals surface area (Å²) < 4.78 is 0. The number of hydrogen-bond acceptors (Lipinski definition) is 1. The van der Waals surface area contributed by atoms with E-state index in [0.29, 0.717) is 0 Å². The van der Waals surface area contributed by atoms with E-state index in [1.807, 2.05) is 0 Å². The van der Waals surface area contributed by atoms with Crippen molar-refractivity contribution in [2.75, 3.05) is 6.54 Å². The largest absolute Gasteiger partial charge is 0.314 e. The third-order valence-corrected chi connectivity index (χ3v) is 5.78. The van der Waals surface area contributed by atoms with Crippen molar-refractivity contribution in [2.24, 2.45) is 0 Å². The van der Waals surface area contributed by atoms with Crippen LogP contribution >= 0.6 is 0 Å². The van der Waals surface area contributed by atoms with Gasteiger partial charge in [-0.15, -0.1) is 0 Å². The van der Waals surface area contributed by atoms with Crippen molar-refractivity contribution in [2.45, 2.75) is 155 Å². The van der Waals surface area contributed by atoms with Crippen LogP contribution in [-0.2, 0) is 0 Å². The number of nitrogens with one attached hydrogen (secondary N) is 1. The van der Waals surface area contributed by atoms with E-state index in [1.165, 1.54) is 135 Å². The summed E-state index contributed by atoms with van der Waals surface area (Å²) in [5, 5.41) is 3.83. The fraction of sp³-hybridized carbons (Fsp3) is 1.00. The summed E-state index contributed by atoms with van der Waals surface area (Å²) in [5.74, 6) is 0. The molecule has 0 unspecified atom stereocenters. The highest BCUT2D eigenvalue weighted by atomic mass is 14.9. The van der Waals surface area contributed by atoms with E-state index in [4.69, 9.17) is 0 Å². The zero-order valence-electron chi connectivity index (χ0n) is 18.9. The quantitative estimate of drug-likeness (QED) is 0.188. The van der Waals surface area contributed by atoms with Crippen LogP contribution in [0.25, 0.3) is 0 Å². The van der Waals surface area contributed by atoms with E-state index >= 15 is 0 Å². The molecule has 0 saturated carbocycles. The Morgan fingerprint density at radius 1 is 0.423 bits per heavy atom. The predicted molar refractivity (Wildman–Crippen MR) is 121 cm³/mol. The summed E-state index contributed by atoms with van der Waals surface area (Å²) in [6.45, 7) is 8.17. The SMILES string of the molecule is CCCCCCCCCCCCCCCCNC(CCCC)CCCC. The van der Waals surface area contributed by atoms with E-state index in [2.05, 4.69) is 26.1 Å². The molecule has 0 radical (unpaired) electrons. The van der Waals surface area contributed by atoms with E-state index < -0.39 is 0 Å². The average Bonchev–Trinajstić information content (AvgIpc) is 2.66. The highest BCUT2D eigenvalue weighted by Crippen LogP contribution is 2.13. The smallest absolute Gasteiger partial charge is 0.00670 e. The molecule has 1 nitrogen and oxygen atoms in total. The Balaban J connectivity index is 3.26. The molecule has 0 aliphatic rings. The van der Waals surface area contributed by atoms with Crippen LogP contribution < -0.4 is 5.32 Å². The fourth-order valence-electron chi connectivity index (χ4n) is 3.88. The third-order valence-electron chi connectivity index (χ3n) is 5.78. The topological polar surface area (TPSA) is 12.0 Å². The summed E-state index contributed by atoms with van der Waals surface area (Å²) in [6.07, 6.45) is 28.5. The van der Waals surface area contributed by atoms with Crippen molar-refractivity contribution in [3.05, 3.63) is 0 Å². The molecule has 0 heterocycles. The molecule has 0 rings (SSSR count). The first-order chi connectivity index (χ1) is 12.8. The van der Waals surface area contributed by atoms with Crippen LogP contribution in [0.4, 0.5) is 0 Å². The van der Waals surface area contributed by atoms with Gasteiger partial charge in [-0.3, -0.25) is 0 Å². The van der Waals surface area contributed by atoms with Crippen molar-refractivity contribution in [1.82, 2.24) is 5.32 Å². The highest BCUT2D eigenvalue weighted by molar-refractivity contribution is 4.66. The minimum absolute atomic E-state index is 0.789. The highest BCUT2D eigenvalue weighted by Gasteiger charge is 2.06. The van der Waals surface area contributed by atoms with Gasteiger partial charge in [-0.1, -0.05) is 130 Å². The second kappa shape index (κ2) is 23.0. The van der Waals surface area contributed by atoms with Gasteiger partial charge >= 0.3 is 0 Å². The Bertz CT molecular complexity index is 230. The maximum Gasteiger partial charge on any atom is 0.00670 e. The van der Waals surface area contributed by atoms with Crippen LogP contribution in [0.5, 0.6) is 0 Å². The number of unbranched alkanes of at least 4 members (excludes halogenated alkanes) is 15. The van der Waals surface area contributed by atoms with Gasteiger partial charge in [0.1, 0.15) is 0 Å². The zero-order chi connectivity index (χ0) is 19.1. The summed E-state index contributed by atoms with van der Waals surface area (Å²) in [4.78, 5) is 0. The summed E-state index contributed by atoms with van der Waals surface area (Å²) in [7, 11) is 0. The Morgan fingerprint density at radius 2 is 0.769 bits per heavy atom. The molecule has 1 heteroatoms. The molecule has 1 N–H and O–H groups in total. The molecule has 26 heavy (non-hydrogen) atoms. The lowest BCUT2D eigenvalue weighted by atomic mass is 10.0. The molecular formula is C25H53N. The lowest BCUT2D eigenvalue weighted by Crippen LogP contribution is -2.29. The van der Waals surface area contributed by atoms with Crippen LogP contribution in [0.1, 0.15) is 149 Å². The van der Waals surface area contributed by atoms with Crippen LogP contribution in [0.3, 0.4) is 0 Å². The van der Waals surface area contributed by atoms with Crippen molar-refractivity contribution in [3.8, 4) is 0 Å². The number of rotatable bonds is 22. The van der Waals surface area contributed by atoms with Crippen molar-refractivity contribution < 1.29 is 0 Å². The molecule has 0 saturated heterocycles. The van der Waals surface area contributed by atoms with Crippen LogP contribution in [0, 0.1) is 0 Å². The van der Waals surface area contributed by atoms with Crippen LogP contribution in [0.15, 0.2) is 0 Å². The van der Waals surface area contributed by atoms with Gasteiger partial charge < -0.3 is 5.32 Å². The Morgan fingerprint density at radius 3 is 1.15 bits per heavy atom. The van der Waals surface area contributed by atoms with E-state index in [1.54, 1.807) is 0 Å². The standard InChI is InChI=1S/C25H53N/c1-4-7-10-11-12-13-14-15-16-17-18-19-20-21-24-26-25(22-8-5-2)23-9-6-3/h25-26H,4-24H2,1-3H3. The van der Waals surface area contributed by atoms with Gasteiger partial charge in [0.15, 0.2) is 0 Å². The van der Waals surface area contributed by atoms with E-state index in [0.717, 1.165) is 6.04 Å². The molecule has 0 atom stereocenters. The van der Waals surface area contributed by atoms with Gasteiger partial charge in [-0.2, -0.15) is 0 Å².